The van der Waals surface area contributed by atoms with E-state index >= 15 is 0 Å². The molecule has 3 heterocycles. The van der Waals surface area contributed by atoms with Gasteiger partial charge >= 0.3 is 29.8 Å². The first kappa shape index (κ1) is 66.2. The summed E-state index contributed by atoms with van der Waals surface area (Å²) in [6.07, 6.45) is 6.17. The van der Waals surface area contributed by atoms with Gasteiger partial charge in [0, 0.05) is 117 Å². The summed E-state index contributed by atoms with van der Waals surface area (Å²) in [6, 6.07) is 0. The molecule has 17 heteroatoms. The number of rotatable bonds is 20. The van der Waals surface area contributed by atoms with Gasteiger partial charge in [-0.2, -0.15) is 15.2 Å². The maximum absolute atomic E-state index is 13.1. The first-order valence-electron chi connectivity index (χ1n) is 24.0. The summed E-state index contributed by atoms with van der Waals surface area (Å²) in [5.41, 5.74) is -3.95. The normalized spacial score (nSPS) is 22.4. The third-order valence-corrected chi connectivity index (χ3v) is 12.8. The van der Waals surface area contributed by atoms with E-state index in [1.807, 2.05) is 104 Å². The summed E-state index contributed by atoms with van der Waals surface area (Å²) < 4.78 is 28.2. The standard InChI is InChI=1S/C49H87N3O13.2CH4.Y/c1-33(40(55)59-32-60-41(56)34(2)65-52-48(14,15)30-37(31-49(52,16)17)63-42(57)43(3,4)5)64-51-46(10,11)28-36(29-47(51,12)13)62-39(54)25-23-21-19-18-20-22-24-38(53)61-35-26-44(6,7)50(58)45(8,9)27-35;;;/h33-37,58H,18-32H2,1-17H3;2*1H4;. The molecule has 3 fully saturated rings. The summed E-state index contributed by atoms with van der Waals surface area (Å²) in [4.78, 5) is 76.5. The van der Waals surface area contributed by atoms with Crippen LogP contribution in [0.25, 0.3) is 0 Å². The van der Waals surface area contributed by atoms with Crippen molar-refractivity contribution in [1.29, 1.82) is 0 Å². The topological polar surface area (TPSA) is 180 Å². The minimum atomic E-state index is -1.03. The van der Waals surface area contributed by atoms with Crippen LogP contribution in [0.3, 0.4) is 0 Å². The number of hydrogen-bond acceptors (Lipinski definition) is 16. The van der Waals surface area contributed by atoms with Gasteiger partial charge in [-0.15, -0.1) is 0 Å². The summed E-state index contributed by atoms with van der Waals surface area (Å²) in [6.45, 7) is 31.6. The fourth-order valence-corrected chi connectivity index (χ4v) is 10.2. The number of esters is 5. The van der Waals surface area contributed by atoms with Crippen LogP contribution >= 0.6 is 0 Å². The zero-order valence-electron chi connectivity index (χ0n) is 43.8. The molecule has 68 heavy (non-hydrogen) atoms. The van der Waals surface area contributed by atoms with Crippen LogP contribution in [0.15, 0.2) is 0 Å². The molecule has 0 spiro atoms. The molecule has 395 valence electrons. The van der Waals surface area contributed by atoms with Crippen molar-refractivity contribution in [3.63, 3.8) is 0 Å². The Hall–Kier alpha value is -1.79. The Morgan fingerprint density at radius 2 is 0.794 bits per heavy atom. The van der Waals surface area contributed by atoms with Gasteiger partial charge in [-0.05, 0) is 131 Å². The zero-order valence-corrected chi connectivity index (χ0v) is 46.6. The molecular formula is C51H95N3O13Y. The molecule has 1 N–H and O–H groups in total. The number of carbonyl (C=O) groups excluding carboxylic acids is 5. The number of nitrogens with zero attached hydrogens (tertiary/aromatic N) is 3. The average molecular weight is 1050 g/mol. The molecule has 0 amide bonds. The largest absolute Gasteiger partial charge is 0.462 e. The Morgan fingerprint density at radius 1 is 0.515 bits per heavy atom. The van der Waals surface area contributed by atoms with Crippen molar-refractivity contribution >= 4 is 29.8 Å². The van der Waals surface area contributed by atoms with Gasteiger partial charge in [0.05, 0.1) is 5.41 Å². The van der Waals surface area contributed by atoms with Crippen LogP contribution in [0.2, 0.25) is 0 Å². The van der Waals surface area contributed by atoms with Crippen LogP contribution in [-0.2, 0) is 90.0 Å². The van der Waals surface area contributed by atoms with Gasteiger partial charge in [0.2, 0.25) is 6.79 Å². The maximum Gasteiger partial charge on any atom is 0.339 e. The number of unbranched alkanes of at least 4 members (excludes halogenated alkanes) is 5. The fourth-order valence-electron chi connectivity index (χ4n) is 10.2. The number of ether oxygens (including phenoxy) is 5. The number of piperidine rings is 3. The molecule has 0 aromatic heterocycles. The summed E-state index contributed by atoms with van der Waals surface area (Å²) in [5.74, 6) is -2.12. The van der Waals surface area contributed by atoms with Crippen LogP contribution < -0.4 is 0 Å². The van der Waals surface area contributed by atoms with E-state index in [2.05, 4.69) is 0 Å². The third kappa shape index (κ3) is 19.3. The zero-order chi connectivity index (χ0) is 49.6. The molecule has 3 aliphatic rings. The summed E-state index contributed by atoms with van der Waals surface area (Å²) in [7, 11) is 0. The van der Waals surface area contributed by atoms with Crippen molar-refractivity contribution in [3.05, 3.63) is 0 Å². The Morgan fingerprint density at radius 3 is 1.10 bits per heavy atom. The van der Waals surface area contributed by atoms with Crippen molar-refractivity contribution < 1.29 is 95.2 Å². The van der Waals surface area contributed by atoms with E-state index in [1.165, 1.54) is 5.06 Å². The molecule has 0 bridgehead atoms. The second kappa shape index (κ2) is 26.2. The van der Waals surface area contributed by atoms with Crippen LogP contribution in [0, 0.1) is 5.41 Å². The number of hydrogen-bond donors (Lipinski definition) is 1. The Balaban J connectivity index is 0.0000150. The smallest absolute Gasteiger partial charge is 0.339 e. The van der Waals surface area contributed by atoms with E-state index in [0.717, 1.165) is 38.5 Å². The van der Waals surface area contributed by atoms with Gasteiger partial charge in [-0.25, -0.2) is 9.59 Å². The van der Waals surface area contributed by atoms with Crippen molar-refractivity contribution in [2.45, 2.75) is 286 Å². The summed E-state index contributed by atoms with van der Waals surface area (Å²) >= 11 is 0. The van der Waals surface area contributed by atoms with E-state index in [4.69, 9.17) is 33.4 Å². The monoisotopic (exact) mass is 1050 g/mol. The predicted octanol–water partition coefficient (Wildman–Crippen LogP) is 10.2. The van der Waals surface area contributed by atoms with Crippen molar-refractivity contribution in [3.8, 4) is 0 Å². The molecule has 3 saturated heterocycles. The average Bonchev–Trinajstić information content (AvgIpc) is 3.12. The fraction of sp³-hybridized carbons (Fsp3) is 0.902. The number of hydroxylamine groups is 6. The first-order chi connectivity index (χ1) is 29.6. The Kier molecular flexibility index (Phi) is 25.6. The molecular weight excluding hydrogens is 951 g/mol. The van der Waals surface area contributed by atoms with Crippen LogP contribution in [0.5, 0.6) is 0 Å². The quantitative estimate of drug-likeness (QED) is 0.0526. The van der Waals surface area contributed by atoms with Gasteiger partial charge in [-0.3, -0.25) is 24.1 Å². The second-order valence-electron chi connectivity index (χ2n) is 23.7. The van der Waals surface area contributed by atoms with Gasteiger partial charge in [0.25, 0.3) is 0 Å². The molecule has 0 aliphatic carbocycles. The van der Waals surface area contributed by atoms with Crippen molar-refractivity contribution in [2.24, 2.45) is 5.41 Å². The van der Waals surface area contributed by atoms with E-state index in [1.54, 1.807) is 24.0 Å². The maximum atomic E-state index is 13.1. The number of carbonyl (C=O) groups is 5. The van der Waals surface area contributed by atoms with E-state index in [0.29, 0.717) is 51.4 Å². The van der Waals surface area contributed by atoms with E-state index < -0.39 is 69.6 Å². The van der Waals surface area contributed by atoms with Gasteiger partial charge in [-0.1, -0.05) is 40.5 Å². The SMILES string of the molecule is C.C.CC(ON1C(C)(C)CC(OC(=O)CCCCCCCCC(=O)OC2CC(C)(C)N(O)C(C)(C)C2)CC1(C)C)C(=O)OCOC(=O)C(C)ON1C(C)(C)CC(OC(=O)C(C)(C)C)CC1(C)C.[Y]. The molecule has 0 aromatic rings. The second-order valence-corrected chi connectivity index (χ2v) is 23.7. The van der Waals surface area contributed by atoms with Crippen LogP contribution in [0.1, 0.15) is 222 Å². The van der Waals surface area contributed by atoms with Crippen molar-refractivity contribution in [2.75, 3.05) is 6.79 Å². The van der Waals surface area contributed by atoms with Gasteiger partial charge in [0.1, 0.15) is 18.3 Å². The molecule has 16 nitrogen and oxygen atoms in total. The molecule has 3 aliphatic heterocycles. The molecule has 0 saturated carbocycles. The van der Waals surface area contributed by atoms with Crippen LogP contribution in [-0.4, -0.2) is 121 Å². The minimum Gasteiger partial charge on any atom is -0.462 e. The first-order valence-corrected chi connectivity index (χ1v) is 24.0. The van der Waals surface area contributed by atoms with Gasteiger partial charge < -0.3 is 28.9 Å². The molecule has 1 radical (unpaired) electrons. The van der Waals surface area contributed by atoms with Gasteiger partial charge in [0.15, 0.2) is 12.2 Å². The molecule has 2 atom stereocenters. The molecule has 3 rings (SSSR count). The van der Waals surface area contributed by atoms with E-state index in [9.17, 15) is 29.2 Å². The van der Waals surface area contributed by atoms with Crippen LogP contribution in [0.4, 0.5) is 0 Å². The third-order valence-electron chi connectivity index (χ3n) is 12.8. The Bertz CT molecular complexity index is 1590. The predicted molar refractivity (Wildman–Crippen MR) is 257 cm³/mol. The van der Waals surface area contributed by atoms with E-state index in [-0.39, 0.29) is 83.8 Å². The van der Waals surface area contributed by atoms with Crippen molar-refractivity contribution in [1.82, 2.24) is 15.2 Å². The minimum absolute atomic E-state index is 0. The molecule has 2 unspecified atom stereocenters. The summed E-state index contributed by atoms with van der Waals surface area (Å²) in [5, 5.41) is 15.4. The Labute approximate surface area is 436 Å². The molecule has 0 aromatic carbocycles.